The van der Waals surface area contributed by atoms with Crippen LogP contribution in [0, 0.1) is 6.92 Å². The summed E-state index contributed by atoms with van der Waals surface area (Å²) in [4.78, 5) is 5.65. The van der Waals surface area contributed by atoms with E-state index in [1.807, 2.05) is 13.2 Å². The second-order valence-electron chi connectivity index (χ2n) is 4.36. The molecule has 0 aliphatic rings. The molecule has 1 atom stereocenters. The van der Waals surface area contributed by atoms with Crippen LogP contribution in [-0.4, -0.2) is 12.0 Å². The lowest BCUT2D eigenvalue weighted by atomic mass is 10.1. The number of nitrogens with one attached hydrogen (secondary N) is 1. The van der Waals surface area contributed by atoms with Gasteiger partial charge >= 0.3 is 0 Å². The van der Waals surface area contributed by atoms with E-state index in [0.29, 0.717) is 6.04 Å². The minimum Gasteiger partial charge on any atom is -0.313 e. The zero-order chi connectivity index (χ0) is 13.0. The standard InChI is InChI=1S/C15H18N2S/c1-11-5-4-6-14(9-11)18-15-10-13(7-8-17-15)12(2)16-3/h4-10,12,16H,1-3H3. The average molecular weight is 258 g/mol. The van der Waals surface area contributed by atoms with Crippen LogP contribution in [0.5, 0.6) is 0 Å². The zero-order valence-electron chi connectivity index (χ0n) is 11.0. The van der Waals surface area contributed by atoms with Gasteiger partial charge in [0, 0.05) is 17.1 Å². The third-order valence-corrected chi connectivity index (χ3v) is 3.83. The number of hydrogen-bond acceptors (Lipinski definition) is 3. The van der Waals surface area contributed by atoms with Crippen LogP contribution < -0.4 is 5.32 Å². The summed E-state index contributed by atoms with van der Waals surface area (Å²) in [6, 6.07) is 13.0. The van der Waals surface area contributed by atoms with Gasteiger partial charge in [0.1, 0.15) is 5.03 Å². The van der Waals surface area contributed by atoms with Crippen LogP contribution >= 0.6 is 11.8 Å². The maximum absolute atomic E-state index is 4.42. The highest BCUT2D eigenvalue weighted by Gasteiger charge is 2.05. The molecule has 1 unspecified atom stereocenters. The summed E-state index contributed by atoms with van der Waals surface area (Å²) in [6.45, 7) is 4.26. The highest BCUT2D eigenvalue weighted by molar-refractivity contribution is 7.99. The van der Waals surface area contributed by atoms with Crippen LogP contribution in [0.25, 0.3) is 0 Å². The maximum atomic E-state index is 4.42. The molecular formula is C15H18N2S. The number of rotatable bonds is 4. The topological polar surface area (TPSA) is 24.9 Å². The van der Waals surface area contributed by atoms with Crippen LogP contribution in [0.2, 0.25) is 0 Å². The maximum Gasteiger partial charge on any atom is 0.101 e. The molecule has 0 aliphatic carbocycles. The fraction of sp³-hybridized carbons (Fsp3) is 0.267. The molecule has 0 fully saturated rings. The molecule has 1 heterocycles. The van der Waals surface area contributed by atoms with E-state index in [4.69, 9.17) is 0 Å². The lowest BCUT2D eigenvalue weighted by Crippen LogP contribution is -2.12. The third kappa shape index (κ3) is 3.34. The number of pyridine rings is 1. The molecule has 1 N–H and O–H groups in total. The van der Waals surface area contributed by atoms with Gasteiger partial charge in [-0.3, -0.25) is 0 Å². The van der Waals surface area contributed by atoms with Crippen molar-refractivity contribution < 1.29 is 0 Å². The molecule has 0 spiro atoms. The summed E-state index contributed by atoms with van der Waals surface area (Å²) in [7, 11) is 1.97. The van der Waals surface area contributed by atoms with E-state index in [1.54, 1.807) is 11.8 Å². The number of benzene rings is 1. The Bertz CT molecular complexity index is 525. The van der Waals surface area contributed by atoms with Gasteiger partial charge < -0.3 is 5.32 Å². The average Bonchev–Trinajstić information content (AvgIpc) is 2.38. The first-order chi connectivity index (χ1) is 8.69. The van der Waals surface area contributed by atoms with Crippen molar-refractivity contribution in [2.75, 3.05) is 7.05 Å². The summed E-state index contributed by atoms with van der Waals surface area (Å²) < 4.78 is 0. The van der Waals surface area contributed by atoms with Crippen molar-refractivity contribution >= 4 is 11.8 Å². The molecule has 3 heteroatoms. The molecule has 2 rings (SSSR count). The summed E-state index contributed by atoms with van der Waals surface area (Å²) in [5.41, 5.74) is 2.54. The van der Waals surface area contributed by atoms with Crippen LogP contribution in [0.1, 0.15) is 24.1 Å². The molecule has 94 valence electrons. The smallest absolute Gasteiger partial charge is 0.101 e. The van der Waals surface area contributed by atoms with E-state index in [9.17, 15) is 0 Å². The first-order valence-electron chi connectivity index (χ1n) is 6.07. The minimum absolute atomic E-state index is 0.352. The fourth-order valence-corrected chi connectivity index (χ4v) is 2.66. The predicted molar refractivity (Wildman–Crippen MR) is 77.0 cm³/mol. The van der Waals surface area contributed by atoms with E-state index >= 15 is 0 Å². The lowest BCUT2D eigenvalue weighted by molar-refractivity contribution is 0.649. The Morgan fingerprint density at radius 1 is 1.22 bits per heavy atom. The van der Waals surface area contributed by atoms with Crippen molar-refractivity contribution in [3.8, 4) is 0 Å². The Labute approximate surface area is 113 Å². The molecule has 2 aromatic rings. The molecule has 18 heavy (non-hydrogen) atoms. The van der Waals surface area contributed by atoms with Crippen molar-refractivity contribution in [1.82, 2.24) is 10.3 Å². The van der Waals surface area contributed by atoms with Crippen LogP contribution in [0.4, 0.5) is 0 Å². The van der Waals surface area contributed by atoms with Crippen LogP contribution in [-0.2, 0) is 0 Å². The Morgan fingerprint density at radius 3 is 2.78 bits per heavy atom. The van der Waals surface area contributed by atoms with Crippen molar-refractivity contribution in [2.45, 2.75) is 29.8 Å². The van der Waals surface area contributed by atoms with E-state index in [-0.39, 0.29) is 0 Å². The molecule has 1 aromatic carbocycles. The van der Waals surface area contributed by atoms with Gasteiger partial charge in [0.05, 0.1) is 0 Å². The largest absolute Gasteiger partial charge is 0.313 e. The number of hydrogen-bond donors (Lipinski definition) is 1. The van der Waals surface area contributed by atoms with E-state index in [1.165, 1.54) is 16.0 Å². The molecule has 0 saturated heterocycles. The monoisotopic (exact) mass is 258 g/mol. The molecule has 1 aromatic heterocycles. The van der Waals surface area contributed by atoms with Crippen molar-refractivity contribution in [2.24, 2.45) is 0 Å². The fourth-order valence-electron chi connectivity index (χ4n) is 1.72. The summed E-state index contributed by atoms with van der Waals surface area (Å²) in [5.74, 6) is 0. The Morgan fingerprint density at radius 2 is 2.06 bits per heavy atom. The Hall–Kier alpha value is -1.32. The minimum atomic E-state index is 0.352. The predicted octanol–water partition coefficient (Wildman–Crippen LogP) is 3.82. The van der Waals surface area contributed by atoms with E-state index < -0.39 is 0 Å². The molecule has 0 radical (unpaired) electrons. The van der Waals surface area contributed by atoms with Gasteiger partial charge in [-0.15, -0.1) is 0 Å². The van der Waals surface area contributed by atoms with Crippen molar-refractivity contribution in [1.29, 1.82) is 0 Å². The first kappa shape index (κ1) is 13.1. The van der Waals surface area contributed by atoms with Gasteiger partial charge in [-0.25, -0.2) is 4.98 Å². The van der Waals surface area contributed by atoms with Crippen LogP contribution in [0.3, 0.4) is 0 Å². The highest BCUT2D eigenvalue weighted by Crippen LogP contribution is 2.27. The van der Waals surface area contributed by atoms with Gasteiger partial charge in [-0.05, 0) is 50.7 Å². The van der Waals surface area contributed by atoms with Gasteiger partial charge in [0.15, 0.2) is 0 Å². The second-order valence-corrected chi connectivity index (χ2v) is 5.45. The van der Waals surface area contributed by atoms with E-state index in [0.717, 1.165) is 5.03 Å². The van der Waals surface area contributed by atoms with Crippen LogP contribution in [0.15, 0.2) is 52.5 Å². The molecule has 0 amide bonds. The quantitative estimate of drug-likeness (QED) is 0.902. The molecule has 0 saturated carbocycles. The first-order valence-corrected chi connectivity index (χ1v) is 6.88. The molecule has 2 nitrogen and oxygen atoms in total. The third-order valence-electron chi connectivity index (χ3n) is 2.90. The van der Waals surface area contributed by atoms with Gasteiger partial charge in [-0.2, -0.15) is 0 Å². The Balaban J connectivity index is 2.19. The van der Waals surface area contributed by atoms with Gasteiger partial charge in [0.2, 0.25) is 0 Å². The zero-order valence-corrected chi connectivity index (χ0v) is 11.8. The van der Waals surface area contributed by atoms with Gasteiger partial charge in [-0.1, -0.05) is 29.5 Å². The van der Waals surface area contributed by atoms with Crippen molar-refractivity contribution in [3.63, 3.8) is 0 Å². The normalized spacial score (nSPS) is 12.4. The lowest BCUT2D eigenvalue weighted by Gasteiger charge is -2.11. The number of aryl methyl sites for hydroxylation is 1. The number of aromatic nitrogens is 1. The summed E-state index contributed by atoms with van der Waals surface area (Å²) in [6.07, 6.45) is 1.88. The number of nitrogens with zero attached hydrogens (tertiary/aromatic N) is 1. The van der Waals surface area contributed by atoms with Gasteiger partial charge in [0.25, 0.3) is 0 Å². The summed E-state index contributed by atoms with van der Waals surface area (Å²) >= 11 is 1.70. The molecular weight excluding hydrogens is 240 g/mol. The SMILES string of the molecule is CNC(C)c1ccnc(Sc2cccc(C)c2)c1. The Kier molecular flexibility index (Phi) is 4.39. The molecule has 0 aliphatic heterocycles. The summed E-state index contributed by atoms with van der Waals surface area (Å²) in [5, 5.41) is 4.29. The highest BCUT2D eigenvalue weighted by atomic mass is 32.2. The van der Waals surface area contributed by atoms with E-state index in [2.05, 4.69) is 60.5 Å². The molecule has 0 bridgehead atoms. The second kappa shape index (κ2) is 6.03. The van der Waals surface area contributed by atoms with Crippen molar-refractivity contribution in [3.05, 3.63) is 53.7 Å².